The molecule has 3 rings (SSSR count). The van der Waals surface area contributed by atoms with Crippen molar-refractivity contribution in [2.45, 2.75) is 33.1 Å². The first kappa shape index (κ1) is 14.2. The van der Waals surface area contributed by atoms with Crippen LogP contribution in [0.1, 0.15) is 31.9 Å². The van der Waals surface area contributed by atoms with Crippen LogP contribution in [-0.4, -0.2) is 4.98 Å². The Morgan fingerprint density at radius 1 is 1.05 bits per heavy atom. The lowest BCUT2D eigenvalue weighted by atomic mass is 9.86. The zero-order valence-corrected chi connectivity index (χ0v) is 13.5. The van der Waals surface area contributed by atoms with Crippen molar-refractivity contribution >= 4 is 22.7 Å². The Hall–Kier alpha value is -1.80. The van der Waals surface area contributed by atoms with Crippen LogP contribution in [0, 0.1) is 6.92 Å². The van der Waals surface area contributed by atoms with Gasteiger partial charge in [-0.1, -0.05) is 38.4 Å². The highest BCUT2D eigenvalue weighted by molar-refractivity contribution is 6.31. The molecule has 0 atom stereocenters. The highest BCUT2D eigenvalue weighted by Gasteiger charge is 2.19. The second-order valence-corrected chi connectivity index (χ2v) is 6.84. The lowest BCUT2D eigenvalue weighted by molar-refractivity contribution is 0.589. The molecule has 0 radical (unpaired) electrons. The SMILES string of the molecule is Cc1ccc2oc(-c3ccc(Cl)c(C(C)(C)C)c3)nc2c1. The van der Waals surface area contributed by atoms with E-state index in [2.05, 4.69) is 31.8 Å². The first-order chi connectivity index (χ1) is 9.84. The van der Waals surface area contributed by atoms with Crippen molar-refractivity contribution in [1.82, 2.24) is 4.98 Å². The van der Waals surface area contributed by atoms with Crippen LogP contribution in [0.25, 0.3) is 22.6 Å². The van der Waals surface area contributed by atoms with E-state index in [0.717, 1.165) is 27.2 Å². The van der Waals surface area contributed by atoms with E-state index in [4.69, 9.17) is 16.0 Å². The molecule has 0 aliphatic carbocycles. The van der Waals surface area contributed by atoms with Crippen molar-refractivity contribution in [3.8, 4) is 11.5 Å². The molecular formula is C18H18ClNO. The van der Waals surface area contributed by atoms with Crippen LogP contribution in [0.3, 0.4) is 0 Å². The second-order valence-electron chi connectivity index (χ2n) is 6.43. The minimum Gasteiger partial charge on any atom is -0.436 e. The van der Waals surface area contributed by atoms with Crippen LogP contribution in [0.4, 0.5) is 0 Å². The average Bonchev–Trinajstić information content (AvgIpc) is 2.80. The van der Waals surface area contributed by atoms with Gasteiger partial charge in [-0.15, -0.1) is 0 Å². The van der Waals surface area contributed by atoms with Gasteiger partial charge >= 0.3 is 0 Å². The monoisotopic (exact) mass is 299 g/mol. The molecule has 0 amide bonds. The molecule has 0 fully saturated rings. The lowest BCUT2D eigenvalue weighted by Gasteiger charge is -2.21. The van der Waals surface area contributed by atoms with Gasteiger partial charge in [-0.2, -0.15) is 0 Å². The van der Waals surface area contributed by atoms with Crippen LogP contribution in [-0.2, 0) is 5.41 Å². The van der Waals surface area contributed by atoms with Gasteiger partial charge in [0.2, 0.25) is 5.89 Å². The van der Waals surface area contributed by atoms with Crippen molar-refractivity contribution in [1.29, 1.82) is 0 Å². The Balaban J connectivity index is 2.14. The Morgan fingerprint density at radius 2 is 1.81 bits per heavy atom. The Bertz CT molecular complexity index is 812. The van der Waals surface area contributed by atoms with E-state index in [-0.39, 0.29) is 5.41 Å². The first-order valence-corrected chi connectivity index (χ1v) is 7.40. The molecule has 0 aliphatic rings. The Morgan fingerprint density at radius 3 is 2.52 bits per heavy atom. The third kappa shape index (κ3) is 2.68. The van der Waals surface area contributed by atoms with Gasteiger partial charge in [0.15, 0.2) is 5.58 Å². The van der Waals surface area contributed by atoms with Gasteiger partial charge in [-0.05, 0) is 53.8 Å². The summed E-state index contributed by atoms with van der Waals surface area (Å²) in [5.41, 5.74) is 4.91. The summed E-state index contributed by atoms with van der Waals surface area (Å²) in [5.74, 6) is 0.637. The number of nitrogens with zero attached hydrogens (tertiary/aromatic N) is 1. The van der Waals surface area contributed by atoms with Gasteiger partial charge in [-0.25, -0.2) is 4.98 Å². The Labute approximate surface area is 129 Å². The van der Waals surface area contributed by atoms with Crippen molar-refractivity contribution in [3.05, 3.63) is 52.5 Å². The fourth-order valence-electron chi connectivity index (χ4n) is 2.39. The van der Waals surface area contributed by atoms with E-state index in [1.807, 2.05) is 37.3 Å². The van der Waals surface area contributed by atoms with Crippen LogP contribution in [0.5, 0.6) is 0 Å². The van der Waals surface area contributed by atoms with Crippen molar-refractivity contribution in [2.24, 2.45) is 0 Å². The van der Waals surface area contributed by atoms with E-state index in [0.29, 0.717) is 5.89 Å². The van der Waals surface area contributed by atoms with Crippen molar-refractivity contribution < 1.29 is 4.42 Å². The smallest absolute Gasteiger partial charge is 0.227 e. The molecule has 0 saturated carbocycles. The highest BCUT2D eigenvalue weighted by atomic mass is 35.5. The van der Waals surface area contributed by atoms with E-state index >= 15 is 0 Å². The second kappa shape index (κ2) is 4.88. The maximum absolute atomic E-state index is 6.32. The summed E-state index contributed by atoms with van der Waals surface area (Å²) in [4.78, 5) is 4.59. The predicted octanol–water partition coefficient (Wildman–Crippen LogP) is 5.75. The van der Waals surface area contributed by atoms with Gasteiger partial charge in [0.25, 0.3) is 0 Å². The molecule has 0 spiro atoms. The predicted molar refractivity (Wildman–Crippen MR) is 87.9 cm³/mol. The number of hydrogen-bond acceptors (Lipinski definition) is 2. The molecule has 0 N–H and O–H groups in total. The standard InChI is InChI=1S/C18H18ClNO/c1-11-5-8-16-15(9-11)20-17(21-16)12-6-7-14(19)13(10-12)18(2,3)4/h5-10H,1-4H3. The number of aromatic nitrogens is 1. The maximum Gasteiger partial charge on any atom is 0.227 e. The first-order valence-electron chi connectivity index (χ1n) is 7.02. The van der Waals surface area contributed by atoms with Crippen molar-refractivity contribution in [2.75, 3.05) is 0 Å². The number of hydrogen-bond donors (Lipinski definition) is 0. The zero-order valence-electron chi connectivity index (χ0n) is 12.7. The summed E-state index contributed by atoms with van der Waals surface area (Å²) in [6, 6.07) is 12.0. The van der Waals surface area contributed by atoms with Gasteiger partial charge < -0.3 is 4.42 Å². The van der Waals surface area contributed by atoms with Crippen LogP contribution >= 0.6 is 11.6 Å². The number of benzene rings is 2. The Kier molecular flexibility index (Phi) is 3.29. The molecule has 108 valence electrons. The topological polar surface area (TPSA) is 26.0 Å². The lowest BCUT2D eigenvalue weighted by Crippen LogP contribution is -2.11. The number of rotatable bonds is 1. The summed E-state index contributed by atoms with van der Waals surface area (Å²) in [7, 11) is 0. The van der Waals surface area contributed by atoms with E-state index in [1.54, 1.807) is 0 Å². The minimum absolute atomic E-state index is 0.0182. The molecule has 3 heteroatoms. The van der Waals surface area contributed by atoms with Gasteiger partial charge in [-0.3, -0.25) is 0 Å². The third-order valence-corrected chi connectivity index (χ3v) is 3.89. The van der Waals surface area contributed by atoms with Crippen molar-refractivity contribution in [3.63, 3.8) is 0 Å². The molecule has 2 aromatic carbocycles. The largest absolute Gasteiger partial charge is 0.436 e. The van der Waals surface area contributed by atoms with Crippen LogP contribution in [0.2, 0.25) is 5.02 Å². The quantitative estimate of drug-likeness (QED) is 0.571. The number of fused-ring (bicyclic) bond motifs is 1. The summed E-state index contributed by atoms with van der Waals surface area (Å²) in [6.45, 7) is 8.49. The van der Waals surface area contributed by atoms with E-state index < -0.39 is 0 Å². The zero-order chi connectivity index (χ0) is 15.2. The van der Waals surface area contributed by atoms with Gasteiger partial charge in [0.1, 0.15) is 5.52 Å². The minimum atomic E-state index is -0.0182. The highest BCUT2D eigenvalue weighted by Crippen LogP contribution is 2.34. The molecule has 3 aromatic rings. The molecule has 2 nitrogen and oxygen atoms in total. The maximum atomic E-state index is 6.32. The average molecular weight is 300 g/mol. The van der Waals surface area contributed by atoms with Crippen LogP contribution < -0.4 is 0 Å². The fourth-order valence-corrected chi connectivity index (χ4v) is 2.80. The number of aryl methyl sites for hydroxylation is 1. The molecule has 0 unspecified atom stereocenters. The molecular weight excluding hydrogens is 282 g/mol. The number of oxazole rings is 1. The van der Waals surface area contributed by atoms with Crippen LogP contribution in [0.15, 0.2) is 40.8 Å². The van der Waals surface area contributed by atoms with E-state index in [1.165, 1.54) is 5.56 Å². The summed E-state index contributed by atoms with van der Waals surface area (Å²) < 4.78 is 5.86. The molecule has 1 aromatic heterocycles. The summed E-state index contributed by atoms with van der Waals surface area (Å²) in [6.07, 6.45) is 0. The fraction of sp³-hybridized carbons (Fsp3) is 0.278. The number of halogens is 1. The van der Waals surface area contributed by atoms with Gasteiger partial charge in [0.05, 0.1) is 0 Å². The molecule has 0 bridgehead atoms. The molecule has 21 heavy (non-hydrogen) atoms. The normalized spacial score (nSPS) is 12.0. The van der Waals surface area contributed by atoms with Gasteiger partial charge in [0, 0.05) is 10.6 Å². The third-order valence-electron chi connectivity index (χ3n) is 3.56. The summed E-state index contributed by atoms with van der Waals surface area (Å²) >= 11 is 6.32. The summed E-state index contributed by atoms with van der Waals surface area (Å²) in [5, 5.41) is 0.776. The van der Waals surface area contributed by atoms with E-state index in [9.17, 15) is 0 Å². The molecule has 0 aliphatic heterocycles. The molecule has 1 heterocycles. The molecule has 0 saturated heterocycles.